The van der Waals surface area contributed by atoms with Crippen LogP contribution in [0.15, 0.2) is 48.0 Å². The van der Waals surface area contributed by atoms with E-state index in [0.717, 1.165) is 5.56 Å². The molecule has 0 radical (unpaired) electrons. The molecule has 1 aliphatic rings. The number of carboxylic acid groups (broad SMARTS) is 1. The number of carbonyl (C=O) groups is 3. The smallest absolute Gasteiger partial charge is 0.303 e. The predicted octanol–water partition coefficient (Wildman–Crippen LogP) is 4.59. The average Bonchev–Trinajstić information content (AvgIpc) is 2.93. The number of rotatable bonds is 6. The third kappa shape index (κ3) is 4.35. The SMILES string of the molecule is Cc1ccc(/C(O)=C2\C(=O)C(=O)N(CCCC(=O)O)[C@@H]2c2ccc(Cl)cc2Cl)cc1. The number of benzene rings is 2. The quantitative estimate of drug-likeness (QED) is 0.383. The third-order valence-corrected chi connectivity index (χ3v) is 5.47. The second kappa shape index (κ2) is 8.90. The fraction of sp³-hybridized carbons (Fsp3) is 0.227. The van der Waals surface area contributed by atoms with Crippen molar-refractivity contribution in [2.45, 2.75) is 25.8 Å². The van der Waals surface area contributed by atoms with Gasteiger partial charge in [-0.25, -0.2) is 0 Å². The number of carboxylic acids is 1. The average molecular weight is 448 g/mol. The number of aryl methyl sites for hydroxylation is 1. The zero-order chi connectivity index (χ0) is 22.0. The normalized spacial score (nSPS) is 18.1. The van der Waals surface area contributed by atoms with Crippen LogP contribution < -0.4 is 0 Å². The summed E-state index contributed by atoms with van der Waals surface area (Å²) in [6, 6.07) is 10.6. The summed E-state index contributed by atoms with van der Waals surface area (Å²) in [5, 5.41) is 20.5. The first-order valence-electron chi connectivity index (χ1n) is 9.23. The largest absolute Gasteiger partial charge is 0.507 e. The van der Waals surface area contributed by atoms with Crippen molar-refractivity contribution in [1.29, 1.82) is 0 Å². The van der Waals surface area contributed by atoms with Gasteiger partial charge in [0, 0.05) is 28.6 Å². The molecule has 156 valence electrons. The molecule has 1 fully saturated rings. The Morgan fingerprint density at radius 2 is 1.73 bits per heavy atom. The number of aliphatic carboxylic acids is 1. The molecule has 0 aliphatic carbocycles. The number of nitrogens with zero attached hydrogens (tertiary/aromatic N) is 1. The van der Waals surface area contributed by atoms with Crippen LogP contribution in [0, 0.1) is 6.92 Å². The lowest BCUT2D eigenvalue weighted by Gasteiger charge is -2.26. The van der Waals surface area contributed by atoms with Crippen LogP contribution >= 0.6 is 23.2 Å². The lowest BCUT2D eigenvalue weighted by molar-refractivity contribution is -0.140. The van der Waals surface area contributed by atoms with Crippen molar-refractivity contribution in [2.24, 2.45) is 0 Å². The summed E-state index contributed by atoms with van der Waals surface area (Å²) in [5.41, 5.74) is 1.69. The van der Waals surface area contributed by atoms with Crippen molar-refractivity contribution in [2.75, 3.05) is 6.54 Å². The van der Waals surface area contributed by atoms with E-state index in [9.17, 15) is 19.5 Å². The molecule has 0 bridgehead atoms. The number of aliphatic hydroxyl groups excluding tert-OH is 1. The summed E-state index contributed by atoms with van der Waals surface area (Å²) in [4.78, 5) is 37.8. The number of hydrogen-bond donors (Lipinski definition) is 2. The highest BCUT2D eigenvalue weighted by Crippen LogP contribution is 2.42. The molecule has 1 aliphatic heterocycles. The number of carbonyl (C=O) groups excluding carboxylic acids is 2. The molecule has 30 heavy (non-hydrogen) atoms. The Morgan fingerprint density at radius 3 is 2.33 bits per heavy atom. The van der Waals surface area contributed by atoms with Gasteiger partial charge in [-0.15, -0.1) is 0 Å². The van der Waals surface area contributed by atoms with Gasteiger partial charge in [-0.2, -0.15) is 0 Å². The molecule has 0 saturated carbocycles. The van der Waals surface area contributed by atoms with Crippen molar-refractivity contribution in [1.82, 2.24) is 4.90 Å². The first-order chi connectivity index (χ1) is 14.2. The van der Waals surface area contributed by atoms with Gasteiger partial charge in [0.15, 0.2) is 0 Å². The zero-order valence-electron chi connectivity index (χ0n) is 16.1. The van der Waals surface area contributed by atoms with Crippen molar-refractivity contribution in [3.63, 3.8) is 0 Å². The number of likely N-dealkylation sites (tertiary alicyclic amines) is 1. The summed E-state index contributed by atoms with van der Waals surface area (Å²) in [7, 11) is 0. The van der Waals surface area contributed by atoms with Crippen LogP contribution in [0.25, 0.3) is 5.76 Å². The minimum absolute atomic E-state index is 0.0190. The lowest BCUT2D eigenvalue weighted by atomic mass is 9.95. The first kappa shape index (κ1) is 21.9. The number of aliphatic hydroxyl groups is 1. The van der Waals surface area contributed by atoms with Gasteiger partial charge in [-0.3, -0.25) is 14.4 Å². The van der Waals surface area contributed by atoms with Crippen LogP contribution in [-0.2, 0) is 14.4 Å². The monoisotopic (exact) mass is 447 g/mol. The summed E-state index contributed by atoms with van der Waals surface area (Å²) < 4.78 is 0. The van der Waals surface area contributed by atoms with Gasteiger partial charge >= 0.3 is 5.97 Å². The third-order valence-electron chi connectivity index (χ3n) is 4.91. The fourth-order valence-corrected chi connectivity index (χ4v) is 3.94. The Labute approximate surface area is 183 Å². The molecule has 1 atom stereocenters. The second-order valence-electron chi connectivity index (χ2n) is 7.02. The van der Waals surface area contributed by atoms with Gasteiger partial charge in [0.25, 0.3) is 11.7 Å². The van der Waals surface area contributed by atoms with Gasteiger partial charge in [0.1, 0.15) is 5.76 Å². The number of Topliss-reactive ketones (excluding diaryl/α,β-unsaturated/α-hetero) is 1. The Balaban J connectivity index is 2.14. The molecule has 2 aromatic rings. The molecule has 1 saturated heterocycles. The van der Waals surface area contributed by atoms with Crippen molar-refractivity contribution >= 4 is 46.6 Å². The minimum Gasteiger partial charge on any atom is -0.507 e. The zero-order valence-corrected chi connectivity index (χ0v) is 17.6. The maximum atomic E-state index is 12.9. The Kier molecular flexibility index (Phi) is 6.48. The first-order valence-corrected chi connectivity index (χ1v) is 9.98. The van der Waals surface area contributed by atoms with Crippen molar-refractivity contribution < 1.29 is 24.6 Å². The van der Waals surface area contributed by atoms with Gasteiger partial charge < -0.3 is 15.1 Å². The van der Waals surface area contributed by atoms with Gasteiger partial charge in [-0.1, -0.05) is 59.1 Å². The highest BCUT2D eigenvalue weighted by molar-refractivity contribution is 6.47. The molecule has 1 amide bonds. The van der Waals surface area contributed by atoms with Crippen LogP contribution in [0.5, 0.6) is 0 Å². The van der Waals surface area contributed by atoms with E-state index in [4.69, 9.17) is 28.3 Å². The maximum Gasteiger partial charge on any atom is 0.303 e. The second-order valence-corrected chi connectivity index (χ2v) is 7.87. The van der Waals surface area contributed by atoms with Crippen LogP contribution in [0.4, 0.5) is 0 Å². The lowest BCUT2D eigenvalue weighted by Crippen LogP contribution is -2.31. The Bertz CT molecular complexity index is 1050. The molecule has 1 heterocycles. The summed E-state index contributed by atoms with van der Waals surface area (Å²) in [6.07, 6.45) is -0.0172. The van der Waals surface area contributed by atoms with Crippen LogP contribution in [0.2, 0.25) is 10.0 Å². The highest BCUT2D eigenvalue weighted by Gasteiger charge is 2.46. The highest BCUT2D eigenvalue weighted by atomic mass is 35.5. The van der Waals surface area contributed by atoms with E-state index in [1.165, 1.54) is 11.0 Å². The number of amides is 1. The molecule has 0 spiro atoms. The summed E-state index contributed by atoms with van der Waals surface area (Å²) in [6.45, 7) is 1.91. The molecule has 6 nitrogen and oxygen atoms in total. The molecule has 3 rings (SSSR count). The van der Waals surface area contributed by atoms with E-state index >= 15 is 0 Å². The molecule has 2 aromatic carbocycles. The fourth-order valence-electron chi connectivity index (χ4n) is 3.42. The van der Waals surface area contributed by atoms with E-state index in [1.807, 2.05) is 6.92 Å². The predicted molar refractivity (Wildman–Crippen MR) is 114 cm³/mol. The van der Waals surface area contributed by atoms with E-state index < -0.39 is 23.7 Å². The van der Waals surface area contributed by atoms with Gasteiger partial charge in [0.2, 0.25) is 0 Å². The molecule has 8 heteroatoms. The molecule has 0 aromatic heterocycles. The van der Waals surface area contributed by atoms with E-state index in [-0.39, 0.29) is 35.7 Å². The maximum absolute atomic E-state index is 12.9. The van der Waals surface area contributed by atoms with Crippen LogP contribution in [0.3, 0.4) is 0 Å². The molecule has 2 N–H and O–H groups in total. The van der Waals surface area contributed by atoms with Gasteiger partial charge in [0.05, 0.1) is 11.6 Å². The minimum atomic E-state index is -1.01. The Hall–Kier alpha value is -2.83. The summed E-state index contributed by atoms with van der Waals surface area (Å²) >= 11 is 12.3. The number of hydrogen-bond acceptors (Lipinski definition) is 4. The van der Waals surface area contributed by atoms with Crippen LogP contribution in [0.1, 0.15) is 35.6 Å². The number of ketones is 1. The topological polar surface area (TPSA) is 94.9 Å². The molecular formula is C22H19Cl2NO5. The standard InChI is InChI=1S/C22H19Cl2NO5/c1-12-4-6-13(7-5-12)20(28)18-19(15-9-8-14(23)11-16(15)24)25(22(30)21(18)29)10-2-3-17(26)27/h4-9,11,19,28H,2-3,10H2,1H3,(H,26,27)/b20-18+/t19-/m1/s1. The van der Waals surface area contributed by atoms with Crippen molar-refractivity contribution in [3.05, 3.63) is 74.8 Å². The van der Waals surface area contributed by atoms with E-state index in [2.05, 4.69) is 0 Å². The van der Waals surface area contributed by atoms with Gasteiger partial charge in [-0.05, 0) is 31.0 Å². The Morgan fingerprint density at radius 1 is 1.07 bits per heavy atom. The van der Waals surface area contributed by atoms with E-state index in [0.29, 0.717) is 16.1 Å². The van der Waals surface area contributed by atoms with E-state index in [1.54, 1.807) is 36.4 Å². The molecule has 0 unspecified atom stereocenters. The van der Waals surface area contributed by atoms with Crippen LogP contribution in [-0.4, -0.2) is 39.3 Å². The van der Waals surface area contributed by atoms with Crippen molar-refractivity contribution in [3.8, 4) is 0 Å². The number of halogens is 2. The molecular weight excluding hydrogens is 429 g/mol. The summed E-state index contributed by atoms with van der Waals surface area (Å²) in [5.74, 6) is -2.98.